The molecule has 0 spiro atoms. The predicted molar refractivity (Wildman–Crippen MR) is 109 cm³/mol. The number of hydrogen-bond acceptors (Lipinski definition) is 4. The fourth-order valence-electron chi connectivity index (χ4n) is 4.97. The van der Waals surface area contributed by atoms with Gasteiger partial charge < -0.3 is 10.1 Å². The van der Waals surface area contributed by atoms with E-state index in [-0.39, 0.29) is 35.0 Å². The maximum Gasteiger partial charge on any atom is 0.416 e. The quantitative estimate of drug-likeness (QED) is 0.635. The molecule has 1 saturated carbocycles. The molecular formula is C24H26F3NO3. The largest absolute Gasteiger partial charge is 0.459 e. The van der Waals surface area contributed by atoms with E-state index in [0.29, 0.717) is 24.2 Å². The minimum atomic E-state index is -4.60. The lowest BCUT2D eigenvalue weighted by Gasteiger charge is -2.35. The van der Waals surface area contributed by atoms with E-state index in [0.717, 1.165) is 38.2 Å². The van der Waals surface area contributed by atoms with Crippen LogP contribution in [0.15, 0.2) is 46.8 Å². The van der Waals surface area contributed by atoms with Gasteiger partial charge in [0.1, 0.15) is 6.10 Å². The fraction of sp³-hybridized carbons (Fsp3) is 0.500. The minimum absolute atomic E-state index is 0.0748. The molecular weight excluding hydrogens is 407 g/mol. The molecule has 1 N–H and O–H groups in total. The van der Waals surface area contributed by atoms with E-state index < -0.39 is 23.6 Å². The van der Waals surface area contributed by atoms with Gasteiger partial charge in [-0.1, -0.05) is 24.6 Å². The second-order valence-corrected chi connectivity index (χ2v) is 8.52. The van der Waals surface area contributed by atoms with Crippen LogP contribution in [0.5, 0.6) is 0 Å². The third-order valence-corrected chi connectivity index (χ3v) is 6.40. The molecule has 1 aliphatic heterocycles. The molecule has 1 heterocycles. The summed E-state index contributed by atoms with van der Waals surface area (Å²) in [7, 11) is 0. The molecule has 4 rings (SSSR count). The van der Waals surface area contributed by atoms with Gasteiger partial charge in [0.05, 0.1) is 11.1 Å². The number of carbonyl (C=O) groups is 2. The molecule has 0 bridgehead atoms. The zero-order valence-electron chi connectivity index (χ0n) is 17.5. The van der Waals surface area contributed by atoms with Gasteiger partial charge in [-0.2, -0.15) is 13.2 Å². The highest BCUT2D eigenvalue weighted by Crippen LogP contribution is 2.46. The number of benzene rings is 1. The Balaban J connectivity index is 1.82. The standard InChI is InChI=1S/C24H26F3NO3/c1-14-20(23(30)31-15-8-3-2-4-9-15)21(22-18(28-14)12-7-13-19(22)29)16-10-5-6-11-17(16)24(25,26)27/h5-6,10-11,15,21,28H,2-4,7-9,12-13H2,1H3/t21-/m0/s1. The molecule has 0 radical (unpaired) electrons. The van der Waals surface area contributed by atoms with Crippen molar-refractivity contribution < 1.29 is 27.5 Å². The van der Waals surface area contributed by atoms with Crippen molar-refractivity contribution >= 4 is 11.8 Å². The molecule has 1 aromatic carbocycles. The van der Waals surface area contributed by atoms with Crippen LogP contribution in [0.2, 0.25) is 0 Å². The van der Waals surface area contributed by atoms with Crippen LogP contribution in [0, 0.1) is 0 Å². The fourth-order valence-corrected chi connectivity index (χ4v) is 4.97. The highest BCUT2D eigenvalue weighted by Gasteiger charge is 2.44. The molecule has 1 atom stereocenters. The molecule has 0 saturated heterocycles. The van der Waals surface area contributed by atoms with Gasteiger partial charge in [-0.25, -0.2) is 4.79 Å². The number of nitrogens with one attached hydrogen (secondary N) is 1. The van der Waals surface area contributed by atoms with Crippen LogP contribution < -0.4 is 5.32 Å². The minimum Gasteiger partial charge on any atom is -0.459 e. The molecule has 1 aromatic rings. The molecule has 0 aromatic heterocycles. The summed E-state index contributed by atoms with van der Waals surface area (Å²) < 4.78 is 47.4. The molecule has 1 fully saturated rings. The summed E-state index contributed by atoms with van der Waals surface area (Å²) in [6, 6.07) is 5.21. The number of halogens is 3. The van der Waals surface area contributed by atoms with Crippen molar-refractivity contribution in [3.63, 3.8) is 0 Å². The third-order valence-electron chi connectivity index (χ3n) is 6.40. The number of ether oxygens (including phenoxy) is 1. The van der Waals surface area contributed by atoms with Crippen LogP contribution in [0.3, 0.4) is 0 Å². The van der Waals surface area contributed by atoms with Gasteiger partial charge in [-0.3, -0.25) is 4.79 Å². The Kier molecular flexibility index (Phi) is 5.95. The lowest BCUT2D eigenvalue weighted by molar-refractivity contribution is -0.146. The normalized spacial score (nSPS) is 22.8. The first-order valence-electron chi connectivity index (χ1n) is 10.9. The Hall–Kier alpha value is -2.57. The smallest absolute Gasteiger partial charge is 0.416 e. The van der Waals surface area contributed by atoms with Gasteiger partial charge in [-0.05, 0) is 57.1 Å². The third kappa shape index (κ3) is 4.27. The van der Waals surface area contributed by atoms with Gasteiger partial charge in [0.2, 0.25) is 0 Å². The van der Waals surface area contributed by atoms with E-state index in [1.165, 1.54) is 18.2 Å². The topological polar surface area (TPSA) is 55.4 Å². The van der Waals surface area contributed by atoms with Crippen molar-refractivity contribution in [3.05, 3.63) is 57.9 Å². The van der Waals surface area contributed by atoms with Crippen LogP contribution in [-0.4, -0.2) is 17.9 Å². The average Bonchev–Trinajstić information content (AvgIpc) is 2.73. The monoisotopic (exact) mass is 433 g/mol. The van der Waals surface area contributed by atoms with E-state index in [9.17, 15) is 22.8 Å². The van der Waals surface area contributed by atoms with Crippen molar-refractivity contribution in [1.82, 2.24) is 5.32 Å². The maximum absolute atomic E-state index is 13.9. The van der Waals surface area contributed by atoms with Gasteiger partial charge in [0, 0.05) is 29.3 Å². The Labute approximate surface area is 179 Å². The number of hydrogen-bond donors (Lipinski definition) is 1. The molecule has 31 heavy (non-hydrogen) atoms. The zero-order valence-corrected chi connectivity index (χ0v) is 17.5. The average molecular weight is 433 g/mol. The number of alkyl halides is 3. The van der Waals surface area contributed by atoms with E-state index >= 15 is 0 Å². The lowest BCUT2D eigenvalue weighted by atomic mass is 9.74. The number of carbonyl (C=O) groups excluding carboxylic acids is 2. The maximum atomic E-state index is 13.9. The summed E-state index contributed by atoms with van der Waals surface area (Å²) in [5.74, 6) is -1.94. The molecule has 7 heteroatoms. The van der Waals surface area contributed by atoms with Crippen molar-refractivity contribution in [2.75, 3.05) is 0 Å². The number of esters is 1. The summed E-state index contributed by atoms with van der Waals surface area (Å²) >= 11 is 0. The van der Waals surface area contributed by atoms with Crippen molar-refractivity contribution in [2.45, 2.75) is 76.5 Å². The Bertz CT molecular complexity index is 955. The first-order valence-corrected chi connectivity index (χ1v) is 10.9. The molecule has 0 amide bonds. The van der Waals surface area contributed by atoms with Crippen LogP contribution >= 0.6 is 0 Å². The highest BCUT2D eigenvalue weighted by molar-refractivity contribution is 6.03. The number of dihydropyridines is 1. The predicted octanol–water partition coefficient (Wildman–Crippen LogP) is 5.55. The van der Waals surface area contributed by atoms with Gasteiger partial charge in [0.25, 0.3) is 0 Å². The number of rotatable bonds is 3. The number of allylic oxidation sites excluding steroid dienone is 3. The SMILES string of the molecule is CC1=C(C(=O)OC2CCCCC2)[C@H](c2ccccc2C(F)(F)F)C2=C(CCCC2=O)N1. The molecule has 2 aliphatic carbocycles. The Morgan fingerprint density at radius 2 is 1.77 bits per heavy atom. The van der Waals surface area contributed by atoms with Crippen molar-refractivity contribution in [2.24, 2.45) is 0 Å². The highest BCUT2D eigenvalue weighted by atomic mass is 19.4. The van der Waals surface area contributed by atoms with E-state index in [4.69, 9.17) is 4.74 Å². The summed E-state index contributed by atoms with van der Waals surface area (Å²) in [6.07, 6.45) is 1.12. The van der Waals surface area contributed by atoms with Gasteiger partial charge in [0.15, 0.2) is 5.78 Å². The molecule has 4 nitrogen and oxygen atoms in total. The summed E-state index contributed by atoms with van der Waals surface area (Å²) in [5, 5.41) is 3.13. The summed E-state index contributed by atoms with van der Waals surface area (Å²) in [5.41, 5.74) is 0.540. The summed E-state index contributed by atoms with van der Waals surface area (Å²) in [4.78, 5) is 26.2. The molecule has 3 aliphatic rings. The van der Waals surface area contributed by atoms with Crippen LogP contribution in [0.1, 0.15) is 75.3 Å². The lowest BCUT2D eigenvalue weighted by Crippen LogP contribution is -2.36. The van der Waals surface area contributed by atoms with Crippen molar-refractivity contribution in [1.29, 1.82) is 0 Å². The van der Waals surface area contributed by atoms with Crippen LogP contribution in [0.4, 0.5) is 13.2 Å². The molecule has 166 valence electrons. The second kappa shape index (κ2) is 8.52. The Morgan fingerprint density at radius 3 is 2.48 bits per heavy atom. The van der Waals surface area contributed by atoms with Crippen LogP contribution in [-0.2, 0) is 20.5 Å². The zero-order chi connectivity index (χ0) is 22.2. The van der Waals surface area contributed by atoms with E-state index in [2.05, 4.69) is 5.32 Å². The molecule has 0 unspecified atom stereocenters. The Morgan fingerprint density at radius 1 is 1.06 bits per heavy atom. The van der Waals surface area contributed by atoms with Crippen LogP contribution in [0.25, 0.3) is 0 Å². The van der Waals surface area contributed by atoms with E-state index in [1.807, 2.05) is 0 Å². The van der Waals surface area contributed by atoms with Gasteiger partial charge >= 0.3 is 12.1 Å². The first kappa shape index (κ1) is 21.7. The number of Topliss-reactive ketones (excluding diaryl/α,β-unsaturated/α-hetero) is 1. The summed E-state index contributed by atoms with van der Waals surface area (Å²) in [6.45, 7) is 1.67. The van der Waals surface area contributed by atoms with Gasteiger partial charge in [-0.15, -0.1) is 0 Å². The second-order valence-electron chi connectivity index (χ2n) is 8.52. The first-order chi connectivity index (χ1) is 14.8. The van der Waals surface area contributed by atoms with E-state index in [1.54, 1.807) is 6.92 Å². The van der Waals surface area contributed by atoms with Crippen molar-refractivity contribution in [3.8, 4) is 0 Å². The number of ketones is 1.